The van der Waals surface area contributed by atoms with E-state index in [4.69, 9.17) is 15.2 Å². The van der Waals surface area contributed by atoms with Crippen LogP contribution < -0.4 is 5.73 Å². The number of morpholine rings is 1. The average molecular weight is 292 g/mol. The van der Waals surface area contributed by atoms with Gasteiger partial charge >= 0.3 is 5.97 Å². The number of benzene rings is 1. The van der Waals surface area contributed by atoms with Gasteiger partial charge in [-0.2, -0.15) is 0 Å². The summed E-state index contributed by atoms with van der Waals surface area (Å²) in [7, 11) is 0. The molecule has 0 bridgehead atoms. The van der Waals surface area contributed by atoms with E-state index in [1.54, 1.807) is 0 Å². The van der Waals surface area contributed by atoms with Crippen molar-refractivity contribution in [2.45, 2.75) is 25.9 Å². The molecule has 0 spiro atoms. The first-order valence-corrected chi connectivity index (χ1v) is 7.51. The third kappa shape index (κ3) is 5.36. The van der Waals surface area contributed by atoms with Crippen LogP contribution >= 0.6 is 0 Å². The summed E-state index contributed by atoms with van der Waals surface area (Å²) in [5.41, 5.74) is 7.45. The fourth-order valence-corrected chi connectivity index (χ4v) is 2.36. The number of carbonyl (C=O) groups is 1. The van der Waals surface area contributed by atoms with Crippen molar-refractivity contribution in [1.29, 1.82) is 0 Å². The minimum Gasteiger partial charge on any atom is -0.463 e. The van der Waals surface area contributed by atoms with Gasteiger partial charge in [0.05, 0.1) is 6.61 Å². The quantitative estimate of drug-likeness (QED) is 0.635. The molecule has 5 heteroatoms. The van der Waals surface area contributed by atoms with E-state index in [1.807, 2.05) is 24.3 Å². The van der Waals surface area contributed by atoms with E-state index in [-0.39, 0.29) is 12.1 Å². The lowest BCUT2D eigenvalue weighted by Crippen LogP contribution is -2.44. The second-order valence-corrected chi connectivity index (χ2v) is 5.31. The second-order valence-electron chi connectivity index (χ2n) is 5.31. The second kappa shape index (κ2) is 8.00. The molecule has 5 nitrogen and oxygen atoms in total. The molecule has 0 saturated carbocycles. The van der Waals surface area contributed by atoms with Gasteiger partial charge < -0.3 is 15.2 Å². The SMILES string of the molecule is CCN1CCOC(COC(=O)CCc2ccc(N)cc2)C1. The van der Waals surface area contributed by atoms with E-state index >= 15 is 0 Å². The summed E-state index contributed by atoms with van der Waals surface area (Å²) in [6, 6.07) is 7.56. The fourth-order valence-electron chi connectivity index (χ4n) is 2.36. The van der Waals surface area contributed by atoms with Crippen molar-refractivity contribution < 1.29 is 14.3 Å². The molecule has 21 heavy (non-hydrogen) atoms. The van der Waals surface area contributed by atoms with Crippen LogP contribution in [0.3, 0.4) is 0 Å². The fraction of sp³-hybridized carbons (Fsp3) is 0.562. The molecule has 1 aliphatic heterocycles. The summed E-state index contributed by atoms with van der Waals surface area (Å²) >= 11 is 0. The maximum atomic E-state index is 11.8. The van der Waals surface area contributed by atoms with Crippen molar-refractivity contribution in [3.05, 3.63) is 29.8 Å². The van der Waals surface area contributed by atoms with Crippen LogP contribution in [0.25, 0.3) is 0 Å². The Morgan fingerprint density at radius 1 is 1.43 bits per heavy atom. The number of carbonyl (C=O) groups excluding carboxylic acids is 1. The van der Waals surface area contributed by atoms with Crippen LogP contribution in [0, 0.1) is 0 Å². The van der Waals surface area contributed by atoms with Crippen molar-refractivity contribution in [1.82, 2.24) is 4.90 Å². The summed E-state index contributed by atoms with van der Waals surface area (Å²) in [5.74, 6) is -0.177. The first-order chi connectivity index (χ1) is 10.2. The highest BCUT2D eigenvalue weighted by Gasteiger charge is 2.20. The van der Waals surface area contributed by atoms with Crippen molar-refractivity contribution in [3.8, 4) is 0 Å². The summed E-state index contributed by atoms with van der Waals surface area (Å²) < 4.78 is 10.9. The molecular weight excluding hydrogens is 268 g/mol. The lowest BCUT2D eigenvalue weighted by Gasteiger charge is -2.31. The van der Waals surface area contributed by atoms with E-state index in [1.165, 1.54) is 0 Å². The molecule has 1 unspecified atom stereocenters. The molecule has 0 amide bonds. The van der Waals surface area contributed by atoms with Gasteiger partial charge in [0.1, 0.15) is 12.7 Å². The molecule has 1 aliphatic rings. The Morgan fingerprint density at radius 2 is 2.19 bits per heavy atom. The average Bonchev–Trinajstić information content (AvgIpc) is 2.52. The molecule has 1 atom stereocenters. The number of nitrogens with two attached hydrogens (primary N) is 1. The zero-order valence-electron chi connectivity index (χ0n) is 12.6. The lowest BCUT2D eigenvalue weighted by molar-refractivity contribution is -0.150. The van der Waals surface area contributed by atoms with Gasteiger partial charge in [-0.1, -0.05) is 19.1 Å². The van der Waals surface area contributed by atoms with Crippen LogP contribution in [0.2, 0.25) is 0 Å². The number of hydrogen-bond donors (Lipinski definition) is 1. The molecule has 1 fully saturated rings. The van der Waals surface area contributed by atoms with Crippen LogP contribution in [-0.2, 0) is 20.7 Å². The van der Waals surface area contributed by atoms with E-state index in [0.717, 1.165) is 30.9 Å². The lowest BCUT2D eigenvalue weighted by atomic mass is 10.1. The highest BCUT2D eigenvalue weighted by molar-refractivity contribution is 5.69. The molecule has 1 saturated heterocycles. The first kappa shape index (κ1) is 15.8. The number of aryl methyl sites for hydroxylation is 1. The van der Waals surface area contributed by atoms with E-state index in [9.17, 15) is 4.79 Å². The molecule has 0 aromatic heterocycles. The molecular formula is C16H24N2O3. The predicted molar refractivity (Wildman–Crippen MR) is 82.0 cm³/mol. The number of hydrogen-bond acceptors (Lipinski definition) is 5. The minimum atomic E-state index is -0.177. The van der Waals surface area contributed by atoms with Gasteiger partial charge in [-0.05, 0) is 30.7 Å². The summed E-state index contributed by atoms with van der Waals surface area (Å²) in [4.78, 5) is 14.1. The van der Waals surface area contributed by atoms with Crippen molar-refractivity contribution in [2.24, 2.45) is 0 Å². The molecule has 1 aromatic carbocycles. The Kier molecular flexibility index (Phi) is 6.02. The summed E-state index contributed by atoms with van der Waals surface area (Å²) in [5, 5.41) is 0. The largest absolute Gasteiger partial charge is 0.463 e. The van der Waals surface area contributed by atoms with Gasteiger partial charge in [0.25, 0.3) is 0 Å². The molecule has 116 valence electrons. The zero-order valence-corrected chi connectivity index (χ0v) is 12.6. The van der Waals surface area contributed by atoms with Crippen LogP contribution in [-0.4, -0.2) is 49.8 Å². The maximum Gasteiger partial charge on any atom is 0.306 e. The van der Waals surface area contributed by atoms with Crippen molar-refractivity contribution in [3.63, 3.8) is 0 Å². The normalized spacial score (nSPS) is 19.4. The summed E-state index contributed by atoms with van der Waals surface area (Å²) in [6.07, 6.45) is 1.05. The Bertz CT molecular complexity index is 447. The van der Waals surface area contributed by atoms with Gasteiger partial charge in [-0.3, -0.25) is 9.69 Å². The number of ether oxygens (including phenoxy) is 2. The van der Waals surface area contributed by atoms with E-state index < -0.39 is 0 Å². The number of rotatable bonds is 6. The number of likely N-dealkylation sites (N-methyl/N-ethyl adjacent to an activating group) is 1. The highest BCUT2D eigenvalue weighted by Crippen LogP contribution is 2.09. The Hall–Kier alpha value is -1.59. The minimum absolute atomic E-state index is 0.000765. The van der Waals surface area contributed by atoms with Crippen LogP contribution in [0.1, 0.15) is 18.9 Å². The molecule has 0 aliphatic carbocycles. The zero-order chi connectivity index (χ0) is 15.1. The monoisotopic (exact) mass is 292 g/mol. The van der Waals surface area contributed by atoms with Crippen molar-refractivity contribution >= 4 is 11.7 Å². The van der Waals surface area contributed by atoms with Crippen LogP contribution in [0.4, 0.5) is 5.69 Å². The van der Waals surface area contributed by atoms with Gasteiger partial charge in [0, 0.05) is 25.2 Å². The number of nitrogen functional groups attached to an aromatic ring is 1. The van der Waals surface area contributed by atoms with E-state index in [0.29, 0.717) is 26.1 Å². The number of esters is 1. The molecule has 1 heterocycles. The first-order valence-electron chi connectivity index (χ1n) is 7.51. The van der Waals surface area contributed by atoms with Gasteiger partial charge in [0.15, 0.2) is 0 Å². The number of anilines is 1. The Morgan fingerprint density at radius 3 is 2.90 bits per heavy atom. The summed E-state index contributed by atoms with van der Waals surface area (Å²) in [6.45, 7) is 5.98. The maximum absolute atomic E-state index is 11.8. The molecule has 2 N–H and O–H groups in total. The van der Waals surface area contributed by atoms with Gasteiger partial charge in [-0.25, -0.2) is 0 Å². The third-order valence-corrected chi connectivity index (χ3v) is 3.70. The van der Waals surface area contributed by atoms with Crippen LogP contribution in [0.5, 0.6) is 0 Å². The Balaban J connectivity index is 1.66. The topological polar surface area (TPSA) is 64.8 Å². The van der Waals surface area contributed by atoms with Gasteiger partial charge in [0.2, 0.25) is 0 Å². The Labute approximate surface area is 126 Å². The van der Waals surface area contributed by atoms with E-state index in [2.05, 4.69) is 11.8 Å². The predicted octanol–water partition coefficient (Wildman–Crippen LogP) is 1.47. The number of nitrogens with zero attached hydrogens (tertiary/aromatic N) is 1. The highest BCUT2D eigenvalue weighted by atomic mass is 16.6. The van der Waals surface area contributed by atoms with Crippen LogP contribution in [0.15, 0.2) is 24.3 Å². The molecule has 1 aromatic rings. The standard InChI is InChI=1S/C16H24N2O3/c1-2-18-9-10-20-15(11-18)12-21-16(19)8-5-13-3-6-14(17)7-4-13/h3-4,6-7,15H,2,5,8-12,17H2,1H3. The molecule has 0 radical (unpaired) electrons. The smallest absolute Gasteiger partial charge is 0.306 e. The molecule has 2 rings (SSSR count). The third-order valence-electron chi connectivity index (χ3n) is 3.70. The van der Waals surface area contributed by atoms with Crippen molar-refractivity contribution in [2.75, 3.05) is 38.6 Å². The van der Waals surface area contributed by atoms with Gasteiger partial charge in [-0.15, -0.1) is 0 Å².